The summed E-state index contributed by atoms with van der Waals surface area (Å²) in [4.78, 5) is 14.5. The van der Waals surface area contributed by atoms with Crippen LogP contribution in [0, 0.1) is 17.6 Å². The van der Waals surface area contributed by atoms with E-state index in [1.165, 1.54) is 11.6 Å². The highest BCUT2D eigenvalue weighted by Gasteiger charge is 2.27. The fourth-order valence-corrected chi connectivity index (χ4v) is 3.80. The number of hydrogen-bond donors (Lipinski definition) is 1. The molecule has 156 valence electrons. The van der Waals surface area contributed by atoms with Gasteiger partial charge in [-0.1, -0.05) is 18.2 Å². The zero-order chi connectivity index (χ0) is 20.8. The Morgan fingerprint density at radius 3 is 2.34 bits per heavy atom. The second-order valence-electron chi connectivity index (χ2n) is 7.63. The summed E-state index contributed by atoms with van der Waals surface area (Å²) < 4.78 is 32.7. The lowest BCUT2D eigenvalue weighted by atomic mass is 9.90. The third kappa shape index (κ3) is 5.54. The Kier molecular flexibility index (Phi) is 7.20. The third-order valence-corrected chi connectivity index (χ3v) is 5.79. The molecule has 4 nitrogen and oxygen atoms in total. The fourth-order valence-electron chi connectivity index (χ4n) is 3.80. The van der Waals surface area contributed by atoms with Crippen LogP contribution in [0.25, 0.3) is 0 Å². The number of nitrogens with zero attached hydrogens (tertiary/aromatic N) is 1. The summed E-state index contributed by atoms with van der Waals surface area (Å²) in [6.45, 7) is 3.40. The fraction of sp³-hybridized carbons (Fsp3) is 0.435. The molecule has 0 spiro atoms. The zero-order valence-corrected chi connectivity index (χ0v) is 17.0. The van der Waals surface area contributed by atoms with E-state index in [1.54, 1.807) is 14.0 Å². The van der Waals surface area contributed by atoms with Crippen molar-refractivity contribution in [3.8, 4) is 5.75 Å². The molecule has 0 aromatic heterocycles. The van der Waals surface area contributed by atoms with E-state index in [0.717, 1.165) is 56.7 Å². The number of halogens is 2. The number of nitrogens with one attached hydrogen (secondary N) is 1. The van der Waals surface area contributed by atoms with Gasteiger partial charge in [-0.05, 0) is 81.4 Å². The normalized spacial score (nSPS) is 16.4. The summed E-state index contributed by atoms with van der Waals surface area (Å²) in [6, 6.07) is 11.3. The molecule has 1 saturated heterocycles. The van der Waals surface area contributed by atoms with E-state index in [4.69, 9.17) is 4.74 Å². The largest absolute Gasteiger partial charge is 0.497 e. The minimum atomic E-state index is -0.761. The summed E-state index contributed by atoms with van der Waals surface area (Å²) in [6.07, 6.45) is 4.17. The molecule has 2 aromatic rings. The molecule has 0 bridgehead atoms. The summed E-state index contributed by atoms with van der Waals surface area (Å²) in [5.41, 5.74) is 0.923. The van der Waals surface area contributed by atoms with Gasteiger partial charge < -0.3 is 10.1 Å². The van der Waals surface area contributed by atoms with E-state index in [1.807, 2.05) is 12.1 Å². The second-order valence-corrected chi connectivity index (χ2v) is 7.63. The number of piperidine rings is 1. The van der Waals surface area contributed by atoms with Crippen LogP contribution in [0.15, 0.2) is 42.5 Å². The van der Waals surface area contributed by atoms with E-state index in [0.29, 0.717) is 5.92 Å². The standard InChI is InChI=1S/C23H28F2N2O2/c1-16(23(28)26-22-20(24)4-3-5-21(22)25)27-14-12-18(13-15-27)7-6-17-8-10-19(29-2)11-9-17/h3-5,8-11,16,18H,6-7,12-15H2,1-2H3,(H,26,28). The Morgan fingerprint density at radius 2 is 1.76 bits per heavy atom. The van der Waals surface area contributed by atoms with Gasteiger partial charge in [0.15, 0.2) is 0 Å². The summed E-state index contributed by atoms with van der Waals surface area (Å²) in [7, 11) is 1.66. The van der Waals surface area contributed by atoms with Gasteiger partial charge in [0.05, 0.1) is 13.2 Å². The topological polar surface area (TPSA) is 41.6 Å². The molecule has 1 unspecified atom stereocenters. The van der Waals surface area contributed by atoms with Gasteiger partial charge in [0.1, 0.15) is 23.1 Å². The molecule has 1 amide bonds. The third-order valence-electron chi connectivity index (χ3n) is 5.79. The van der Waals surface area contributed by atoms with Crippen molar-refractivity contribution in [2.45, 2.75) is 38.6 Å². The highest BCUT2D eigenvalue weighted by atomic mass is 19.1. The van der Waals surface area contributed by atoms with Crippen LogP contribution in [-0.4, -0.2) is 37.0 Å². The van der Waals surface area contributed by atoms with Gasteiger partial charge in [0.2, 0.25) is 5.91 Å². The number of para-hydroxylation sites is 1. The Labute approximate surface area is 170 Å². The molecule has 1 N–H and O–H groups in total. The van der Waals surface area contributed by atoms with Gasteiger partial charge in [-0.15, -0.1) is 0 Å². The highest BCUT2D eigenvalue weighted by Crippen LogP contribution is 2.25. The van der Waals surface area contributed by atoms with E-state index < -0.39 is 17.7 Å². The van der Waals surface area contributed by atoms with Crippen molar-refractivity contribution in [3.63, 3.8) is 0 Å². The van der Waals surface area contributed by atoms with Crippen molar-refractivity contribution in [2.24, 2.45) is 5.92 Å². The molecule has 29 heavy (non-hydrogen) atoms. The molecular formula is C23H28F2N2O2. The van der Waals surface area contributed by atoms with Crippen LogP contribution in [0.5, 0.6) is 5.75 Å². The molecule has 1 aliphatic heterocycles. The van der Waals surface area contributed by atoms with Crippen molar-refractivity contribution >= 4 is 11.6 Å². The minimum Gasteiger partial charge on any atom is -0.497 e. The number of benzene rings is 2. The zero-order valence-electron chi connectivity index (χ0n) is 17.0. The summed E-state index contributed by atoms with van der Waals surface area (Å²) in [5.74, 6) is -0.423. The number of carbonyl (C=O) groups excluding carboxylic acids is 1. The molecule has 2 aromatic carbocycles. The number of anilines is 1. The smallest absolute Gasteiger partial charge is 0.241 e. The molecule has 0 radical (unpaired) electrons. The van der Waals surface area contributed by atoms with Crippen molar-refractivity contribution in [1.82, 2.24) is 4.90 Å². The molecular weight excluding hydrogens is 374 g/mol. The highest BCUT2D eigenvalue weighted by molar-refractivity contribution is 5.94. The molecule has 0 saturated carbocycles. The van der Waals surface area contributed by atoms with E-state index in [9.17, 15) is 13.6 Å². The Balaban J connectivity index is 1.46. The molecule has 1 atom stereocenters. The lowest BCUT2D eigenvalue weighted by Crippen LogP contribution is -2.46. The Bertz CT molecular complexity index is 798. The van der Waals surface area contributed by atoms with Gasteiger partial charge in [-0.2, -0.15) is 0 Å². The van der Waals surface area contributed by atoms with Crippen LogP contribution >= 0.6 is 0 Å². The first kappa shape index (κ1) is 21.2. The number of amides is 1. The van der Waals surface area contributed by atoms with Gasteiger partial charge in [-0.25, -0.2) is 8.78 Å². The Morgan fingerprint density at radius 1 is 1.14 bits per heavy atom. The average Bonchev–Trinajstić information content (AvgIpc) is 2.75. The number of hydrogen-bond acceptors (Lipinski definition) is 3. The van der Waals surface area contributed by atoms with Crippen molar-refractivity contribution in [2.75, 3.05) is 25.5 Å². The number of aryl methyl sites for hydroxylation is 1. The lowest BCUT2D eigenvalue weighted by Gasteiger charge is -2.35. The van der Waals surface area contributed by atoms with Crippen molar-refractivity contribution < 1.29 is 18.3 Å². The van der Waals surface area contributed by atoms with E-state index in [2.05, 4.69) is 22.3 Å². The van der Waals surface area contributed by atoms with Gasteiger partial charge in [0, 0.05) is 0 Å². The van der Waals surface area contributed by atoms with Crippen LogP contribution in [0.4, 0.5) is 14.5 Å². The van der Waals surface area contributed by atoms with E-state index in [-0.39, 0.29) is 11.6 Å². The molecule has 1 aliphatic rings. The molecule has 6 heteroatoms. The predicted molar refractivity (Wildman–Crippen MR) is 110 cm³/mol. The van der Waals surface area contributed by atoms with Crippen LogP contribution in [0.2, 0.25) is 0 Å². The average molecular weight is 402 g/mol. The predicted octanol–water partition coefficient (Wildman–Crippen LogP) is 4.65. The maximum absolute atomic E-state index is 13.8. The molecule has 1 heterocycles. The minimum absolute atomic E-state index is 0.376. The maximum Gasteiger partial charge on any atom is 0.241 e. The van der Waals surface area contributed by atoms with Crippen LogP contribution in [0.3, 0.4) is 0 Å². The van der Waals surface area contributed by atoms with Gasteiger partial charge >= 0.3 is 0 Å². The first-order valence-corrected chi connectivity index (χ1v) is 10.1. The number of rotatable bonds is 7. The number of ether oxygens (including phenoxy) is 1. The van der Waals surface area contributed by atoms with Gasteiger partial charge in [-0.3, -0.25) is 9.69 Å². The summed E-state index contributed by atoms with van der Waals surface area (Å²) >= 11 is 0. The Hall–Kier alpha value is -2.47. The summed E-state index contributed by atoms with van der Waals surface area (Å²) in [5, 5.41) is 2.40. The van der Waals surface area contributed by atoms with Crippen LogP contribution in [-0.2, 0) is 11.2 Å². The monoisotopic (exact) mass is 402 g/mol. The number of methoxy groups -OCH3 is 1. The molecule has 1 fully saturated rings. The first-order valence-electron chi connectivity index (χ1n) is 10.1. The second kappa shape index (κ2) is 9.83. The van der Waals surface area contributed by atoms with Crippen LogP contribution in [0.1, 0.15) is 31.7 Å². The maximum atomic E-state index is 13.8. The SMILES string of the molecule is COc1ccc(CCC2CCN(C(C)C(=O)Nc3c(F)cccc3F)CC2)cc1. The molecule has 0 aliphatic carbocycles. The molecule has 3 rings (SSSR count). The van der Waals surface area contributed by atoms with Crippen molar-refractivity contribution in [3.05, 3.63) is 59.7 Å². The first-order chi connectivity index (χ1) is 14.0. The van der Waals surface area contributed by atoms with Crippen LogP contribution < -0.4 is 10.1 Å². The number of likely N-dealkylation sites (tertiary alicyclic amines) is 1. The lowest BCUT2D eigenvalue weighted by molar-refractivity contribution is -0.121. The number of carbonyl (C=O) groups is 1. The van der Waals surface area contributed by atoms with E-state index >= 15 is 0 Å². The van der Waals surface area contributed by atoms with Crippen molar-refractivity contribution in [1.29, 1.82) is 0 Å². The van der Waals surface area contributed by atoms with Gasteiger partial charge in [0.25, 0.3) is 0 Å². The quantitative estimate of drug-likeness (QED) is 0.733.